The van der Waals surface area contributed by atoms with Gasteiger partial charge in [0, 0.05) is 18.2 Å². The van der Waals surface area contributed by atoms with E-state index < -0.39 is 18.1 Å². The molecule has 0 saturated heterocycles. The highest BCUT2D eigenvalue weighted by molar-refractivity contribution is 5.98. The van der Waals surface area contributed by atoms with Crippen molar-refractivity contribution < 1.29 is 18.0 Å². The number of amides is 1. The van der Waals surface area contributed by atoms with Crippen molar-refractivity contribution >= 4 is 28.8 Å². The minimum absolute atomic E-state index is 0.0114. The first-order valence-corrected chi connectivity index (χ1v) is 11.7. The van der Waals surface area contributed by atoms with Gasteiger partial charge in [-0.05, 0) is 67.5 Å². The maximum absolute atomic E-state index is 14.8. The first-order valence-electron chi connectivity index (χ1n) is 11.7. The predicted octanol–water partition coefficient (Wildman–Crippen LogP) is 6.92. The number of benzene rings is 1. The molecule has 0 spiro atoms. The number of hydrogen-bond acceptors (Lipinski definition) is 4. The standard InChI is InChI=1S/C26H35F3N4O/c1-6-8-22(15(3)4)32-26-21(27)14-20(24(30)34)25(33-26)31-18-11-9-17(10-12-23(28)29)19(13-18)16(5)7-2/h7,9,11,13-15,22-23H,6,8,10,12H2,1-5H3,(H2,30,34)(H2,31,32,33)/b16-7-/t22-/m1/s1. The fraction of sp³-hybridized carbons (Fsp3) is 0.462. The molecular weight excluding hydrogens is 441 g/mol. The fourth-order valence-electron chi connectivity index (χ4n) is 3.73. The zero-order valence-corrected chi connectivity index (χ0v) is 20.5. The third kappa shape index (κ3) is 7.23. The van der Waals surface area contributed by atoms with E-state index in [0.29, 0.717) is 5.69 Å². The van der Waals surface area contributed by atoms with E-state index in [0.717, 1.165) is 35.6 Å². The highest BCUT2D eigenvalue weighted by atomic mass is 19.3. The Balaban J connectivity index is 2.47. The Bertz CT molecular complexity index is 1020. The quantitative estimate of drug-likeness (QED) is 0.311. The minimum Gasteiger partial charge on any atom is -0.365 e. The summed E-state index contributed by atoms with van der Waals surface area (Å²) in [5.41, 5.74) is 8.53. The van der Waals surface area contributed by atoms with Crippen LogP contribution in [0.3, 0.4) is 0 Å². The molecule has 4 N–H and O–H groups in total. The highest BCUT2D eigenvalue weighted by Crippen LogP contribution is 2.29. The molecule has 1 atom stereocenters. The van der Waals surface area contributed by atoms with Crippen LogP contribution in [0.2, 0.25) is 0 Å². The number of carbonyl (C=O) groups is 1. The Kier molecular flexibility index (Phi) is 9.96. The number of anilines is 3. The lowest BCUT2D eigenvalue weighted by Gasteiger charge is -2.23. The van der Waals surface area contributed by atoms with Crippen LogP contribution in [-0.4, -0.2) is 23.4 Å². The molecule has 1 heterocycles. The van der Waals surface area contributed by atoms with Gasteiger partial charge in [0.05, 0.1) is 5.56 Å². The van der Waals surface area contributed by atoms with Crippen LogP contribution in [0.15, 0.2) is 30.3 Å². The van der Waals surface area contributed by atoms with Crippen LogP contribution < -0.4 is 16.4 Å². The molecular formula is C26H35F3N4O. The maximum atomic E-state index is 14.8. The Morgan fingerprint density at radius 1 is 1.15 bits per heavy atom. The van der Waals surface area contributed by atoms with Gasteiger partial charge in [-0.3, -0.25) is 4.79 Å². The molecule has 1 amide bonds. The van der Waals surface area contributed by atoms with Crippen LogP contribution in [0.4, 0.5) is 30.5 Å². The summed E-state index contributed by atoms with van der Waals surface area (Å²) in [6, 6.07) is 6.41. The maximum Gasteiger partial charge on any atom is 0.252 e. The van der Waals surface area contributed by atoms with Gasteiger partial charge < -0.3 is 16.4 Å². The number of alkyl halides is 2. The smallest absolute Gasteiger partial charge is 0.252 e. The number of aryl methyl sites for hydroxylation is 1. The van der Waals surface area contributed by atoms with Crippen molar-refractivity contribution in [3.63, 3.8) is 0 Å². The van der Waals surface area contributed by atoms with Gasteiger partial charge in [-0.15, -0.1) is 0 Å². The summed E-state index contributed by atoms with van der Waals surface area (Å²) in [7, 11) is 0. The molecule has 2 aromatic rings. The lowest BCUT2D eigenvalue weighted by molar-refractivity contribution is 0.100. The number of pyridine rings is 1. The van der Waals surface area contributed by atoms with Crippen molar-refractivity contribution in [2.45, 2.75) is 72.8 Å². The number of halogens is 3. The topological polar surface area (TPSA) is 80.0 Å². The summed E-state index contributed by atoms with van der Waals surface area (Å²) >= 11 is 0. The van der Waals surface area contributed by atoms with E-state index in [4.69, 9.17) is 5.73 Å². The predicted molar refractivity (Wildman–Crippen MR) is 133 cm³/mol. The van der Waals surface area contributed by atoms with E-state index in [1.807, 2.05) is 39.8 Å². The second-order valence-electron chi connectivity index (χ2n) is 8.76. The first kappa shape index (κ1) is 27.2. The molecule has 5 nitrogen and oxygen atoms in total. The van der Waals surface area contributed by atoms with E-state index >= 15 is 0 Å². The lowest BCUT2D eigenvalue weighted by atomic mass is 9.96. The van der Waals surface area contributed by atoms with Crippen LogP contribution in [-0.2, 0) is 6.42 Å². The molecule has 2 rings (SSSR count). The summed E-state index contributed by atoms with van der Waals surface area (Å²) in [4.78, 5) is 16.4. The number of nitrogens with zero attached hydrogens (tertiary/aromatic N) is 1. The average molecular weight is 477 g/mol. The monoisotopic (exact) mass is 476 g/mol. The number of nitrogens with two attached hydrogens (primary N) is 1. The number of allylic oxidation sites excluding steroid dienone is 2. The largest absolute Gasteiger partial charge is 0.365 e. The Hall–Kier alpha value is -3.03. The van der Waals surface area contributed by atoms with Crippen molar-refractivity contribution in [2.75, 3.05) is 10.6 Å². The highest BCUT2D eigenvalue weighted by Gasteiger charge is 2.20. The Labute approximate surface area is 200 Å². The molecule has 34 heavy (non-hydrogen) atoms. The van der Waals surface area contributed by atoms with E-state index in [1.165, 1.54) is 0 Å². The van der Waals surface area contributed by atoms with Gasteiger partial charge in [0.25, 0.3) is 5.91 Å². The zero-order chi connectivity index (χ0) is 25.4. The summed E-state index contributed by atoms with van der Waals surface area (Å²) in [5, 5.41) is 6.23. The lowest BCUT2D eigenvalue weighted by Crippen LogP contribution is -2.27. The SMILES string of the molecule is C/C=C(/C)c1cc(Nc2nc(N[C@H](CCC)C(C)C)c(F)cc2C(N)=O)ccc1CCC(F)F. The second-order valence-corrected chi connectivity index (χ2v) is 8.76. The van der Waals surface area contributed by atoms with Crippen LogP contribution in [0.25, 0.3) is 5.57 Å². The normalized spacial score (nSPS) is 12.8. The molecule has 0 aliphatic heterocycles. The number of rotatable bonds is 12. The first-order chi connectivity index (χ1) is 16.1. The number of hydrogen-bond donors (Lipinski definition) is 3. The summed E-state index contributed by atoms with van der Waals surface area (Å²) < 4.78 is 40.3. The summed E-state index contributed by atoms with van der Waals surface area (Å²) in [6.45, 7) is 9.92. The molecule has 1 aromatic heterocycles. The van der Waals surface area contributed by atoms with Crippen molar-refractivity contribution in [3.8, 4) is 0 Å². The van der Waals surface area contributed by atoms with Crippen LogP contribution in [0.5, 0.6) is 0 Å². The molecule has 1 aromatic carbocycles. The zero-order valence-electron chi connectivity index (χ0n) is 20.5. The van der Waals surface area contributed by atoms with Gasteiger partial charge >= 0.3 is 0 Å². The molecule has 0 unspecified atom stereocenters. The second kappa shape index (κ2) is 12.4. The molecule has 0 saturated carbocycles. The summed E-state index contributed by atoms with van der Waals surface area (Å²) in [5.74, 6) is -1.06. The molecule has 0 bridgehead atoms. The Morgan fingerprint density at radius 2 is 1.85 bits per heavy atom. The third-order valence-corrected chi connectivity index (χ3v) is 5.83. The van der Waals surface area contributed by atoms with Crippen molar-refractivity contribution in [1.82, 2.24) is 4.98 Å². The van der Waals surface area contributed by atoms with Gasteiger partial charge in [0.1, 0.15) is 5.82 Å². The molecule has 0 radical (unpaired) electrons. The van der Waals surface area contributed by atoms with Crippen LogP contribution in [0, 0.1) is 11.7 Å². The summed E-state index contributed by atoms with van der Waals surface area (Å²) in [6.07, 6.45) is 1.29. The number of carbonyl (C=O) groups excluding carboxylic acids is 1. The Morgan fingerprint density at radius 3 is 2.41 bits per heavy atom. The van der Waals surface area contributed by atoms with E-state index in [9.17, 15) is 18.0 Å². The molecule has 8 heteroatoms. The molecule has 0 aliphatic rings. The van der Waals surface area contributed by atoms with Crippen molar-refractivity contribution in [1.29, 1.82) is 0 Å². The minimum atomic E-state index is -2.38. The van der Waals surface area contributed by atoms with Gasteiger partial charge in [0.2, 0.25) is 6.43 Å². The van der Waals surface area contributed by atoms with Crippen molar-refractivity contribution in [2.24, 2.45) is 11.7 Å². The van der Waals surface area contributed by atoms with Crippen LogP contribution in [0.1, 0.15) is 75.4 Å². The fourth-order valence-corrected chi connectivity index (χ4v) is 3.73. The number of primary amides is 1. The van der Waals surface area contributed by atoms with E-state index in [1.54, 1.807) is 12.1 Å². The van der Waals surface area contributed by atoms with Gasteiger partial charge in [0.15, 0.2) is 11.6 Å². The van der Waals surface area contributed by atoms with Gasteiger partial charge in [-0.1, -0.05) is 39.3 Å². The van der Waals surface area contributed by atoms with Gasteiger partial charge in [-0.25, -0.2) is 18.2 Å². The van der Waals surface area contributed by atoms with E-state index in [-0.39, 0.29) is 42.0 Å². The van der Waals surface area contributed by atoms with Crippen molar-refractivity contribution in [3.05, 3.63) is 52.8 Å². The third-order valence-electron chi connectivity index (χ3n) is 5.83. The molecule has 186 valence electrons. The average Bonchev–Trinajstić information content (AvgIpc) is 2.78. The molecule has 0 fully saturated rings. The van der Waals surface area contributed by atoms with E-state index in [2.05, 4.69) is 22.5 Å². The number of aromatic nitrogens is 1. The van der Waals surface area contributed by atoms with Crippen LogP contribution >= 0.6 is 0 Å². The molecule has 0 aliphatic carbocycles. The van der Waals surface area contributed by atoms with Gasteiger partial charge in [-0.2, -0.15) is 0 Å². The number of nitrogens with one attached hydrogen (secondary N) is 2.